The van der Waals surface area contributed by atoms with Crippen LogP contribution in [-0.4, -0.2) is 4.98 Å². The SMILES string of the molecule is FC(F)(F)c1ccc[nH]c1=S. The lowest BCUT2D eigenvalue weighted by molar-refractivity contribution is -0.138. The molecular weight excluding hydrogens is 175 g/mol. The van der Waals surface area contributed by atoms with E-state index in [0.29, 0.717) is 0 Å². The second kappa shape index (κ2) is 2.65. The average molecular weight is 179 g/mol. The minimum absolute atomic E-state index is 0.278. The van der Waals surface area contributed by atoms with E-state index in [1.54, 1.807) is 0 Å². The summed E-state index contributed by atoms with van der Waals surface area (Å²) in [6.07, 6.45) is -2.99. The van der Waals surface area contributed by atoms with E-state index in [0.717, 1.165) is 6.07 Å². The van der Waals surface area contributed by atoms with Crippen LogP contribution in [-0.2, 0) is 6.18 Å². The molecule has 0 saturated heterocycles. The van der Waals surface area contributed by atoms with Crippen molar-refractivity contribution in [2.75, 3.05) is 0 Å². The number of hydrogen-bond acceptors (Lipinski definition) is 1. The summed E-state index contributed by atoms with van der Waals surface area (Å²) in [6.45, 7) is 0. The molecule has 1 aromatic rings. The fourth-order valence-corrected chi connectivity index (χ4v) is 0.897. The summed E-state index contributed by atoms with van der Waals surface area (Å²) in [5, 5.41) is 0. The molecule has 0 aliphatic carbocycles. The molecule has 60 valence electrons. The zero-order chi connectivity index (χ0) is 8.48. The molecule has 5 heteroatoms. The molecule has 1 aromatic heterocycles. The molecule has 0 radical (unpaired) electrons. The zero-order valence-corrected chi connectivity index (χ0v) is 6.09. The van der Waals surface area contributed by atoms with Crippen molar-refractivity contribution in [3.8, 4) is 0 Å². The largest absolute Gasteiger partial charge is 0.419 e. The molecule has 0 amide bonds. The minimum atomic E-state index is -4.35. The second-order valence-electron chi connectivity index (χ2n) is 1.91. The smallest absolute Gasteiger partial charge is 0.352 e. The molecule has 1 N–H and O–H groups in total. The first kappa shape index (κ1) is 8.26. The highest BCUT2D eigenvalue weighted by molar-refractivity contribution is 7.71. The predicted molar refractivity (Wildman–Crippen MR) is 36.6 cm³/mol. The number of H-pyrrole nitrogens is 1. The van der Waals surface area contributed by atoms with Crippen LogP contribution in [0.4, 0.5) is 13.2 Å². The Kier molecular flexibility index (Phi) is 1.99. The van der Waals surface area contributed by atoms with Gasteiger partial charge in [-0.1, -0.05) is 12.2 Å². The zero-order valence-electron chi connectivity index (χ0n) is 5.27. The lowest BCUT2D eigenvalue weighted by Gasteiger charge is -2.04. The van der Waals surface area contributed by atoms with Gasteiger partial charge in [0, 0.05) is 6.20 Å². The van der Waals surface area contributed by atoms with Gasteiger partial charge in [0.15, 0.2) is 0 Å². The highest BCUT2D eigenvalue weighted by atomic mass is 32.1. The number of nitrogens with one attached hydrogen (secondary N) is 1. The van der Waals surface area contributed by atoms with E-state index in [1.165, 1.54) is 12.3 Å². The molecule has 0 bridgehead atoms. The molecule has 0 atom stereocenters. The van der Waals surface area contributed by atoms with Gasteiger partial charge in [-0.15, -0.1) is 0 Å². The van der Waals surface area contributed by atoms with Crippen molar-refractivity contribution in [2.24, 2.45) is 0 Å². The van der Waals surface area contributed by atoms with Gasteiger partial charge < -0.3 is 4.98 Å². The number of hydrogen-bond donors (Lipinski definition) is 1. The molecule has 0 unspecified atom stereocenters. The summed E-state index contributed by atoms with van der Waals surface area (Å²) >= 11 is 4.42. The van der Waals surface area contributed by atoms with Crippen molar-refractivity contribution < 1.29 is 13.2 Å². The maximum atomic E-state index is 12.0. The highest BCUT2D eigenvalue weighted by Crippen LogP contribution is 2.28. The number of rotatable bonds is 0. The Balaban J connectivity index is 3.26. The van der Waals surface area contributed by atoms with E-state index >= 15 is 0 Å². The first-order valence-electron chi connectivity index (χ1n) is 2.77. The van der Waals surface area contributed by atoms with E-state index in [-0.39, 0.29) is 4.64 Å². The summed E-state index contributed by atoms with van der Waals surface area (Å²) in [4.78, 5) is 2.30. The van der Waals surface area contributed by atoms with E-state index in [9.17, 15) is 13.2 Å². The van der Waals surface area contributed by atoms with Crippen molar-refractivity contribution in [1.82, 2.24) is 4.98 Å². The Morgan fingerprint density at radius 3 is 2.36 bits per heavy atom. The van der Waals surface area contributed by atoms with Crippen LogP contribution < -0.4 is 0 Å². The van der Waals surface area contributed by atoms with Gasteiger partial charge in [0.1, 0.15) is 4.64 Å². The Labute approximate surface area is 65.9 Å². The molecule has 1 heterocycles. The van der Waals surface area contributed by atoms with Gasteiger partial charge in [0.05, 0.1) is 5.56 Å². The minimum Gasteiger partial charge on any atom is -0.352 e. The van der Waals surface area contributed by atoms with Gasteiger partial charge in [0.25, 0.3) is 0 Å². The van der Waals surface area contributed by atoms with E-state index < -0.39 is 11.7 Å². The summed E-state index contributed by atoms with van der Waals surface area (Å²) in [5.74, 6) is 0. The maximum absolute atomic E-state index is 12.0. The molecular formula is C6H4F3NS. The van der Waals surface area contributed by atoms with Crippen LogP contribution >= 0.6 is 12.2 Å². The van der Waals surface area contributed by atoms with Crippen molar-refractivity contribution >= 4 is 12.2 Å². The van der Waals surface area contributed by atoms with Crippen molar-refractivity contribution in [3.63, 3.8) is 0 Å². The first-order valence-corrected chi connectivity index (χ1v) is 3.17. The molecule has 1 rings (SSSR count). The lowest BCUT2D eigenvalue weighted by atomic mass is 10.3. The molecule has 11 heavy (non-hydrogen) atoms. The van der Waals surface area contributed by atoms with Gasteiger partial charge in [-0.25, -0.2) is 0 Å². The van der Waals surface area contributed by atoms with Gasteiger partial charge in [-0.05, 0) is 12.1 Å². The summed E-state index contributed by atoms with van der Waals surface area (Å²) in [5.41, 5.74) is -0.796. The van der Waals surface area contributed by atoms with Gasteiger partial charge in [0.2, 0.25) is 0 Å². The monoisotopic (exact) mass is 179 g/mol. The maximum Gasteiger partial charge on any atom is 0.419 e. The Hall–Kier alpha value is -0.840. The van der Waals surface area contributed by atoms with Crippen LogP contribution in [0.15, 0.2) is 18.3 Å². The molecule has 0 spiro atoms. The summed E-state index contributed by atoms with van der Waals surface area (Å²) in [6, 6.07) is 2.21. The normalized spacial score (nSPS) is 11.5. The number of alkyl halides is 3. The molecule has 0 aliphatic heterocycles. The summed E-state index contributed by atoms with van der Waals surface area (Å²) < 4.78 is 35.6. The average Bonchev–Trinajstić information content (AvgIpc) is 1.86. The van der Waals surface area contributed by atoms with Gasteiger partial charge in [-0.3, -0.25) is 0 Å². The third-order valence-corrected chi connectivity index (χ3v) is 1.46. The van der Waals surface area contributed by atoms with E-state index in [4.69, 9.17) is 0 Å². The van der Waals surface area contributed by atoms with Crippen LogP contribution in [0.25, 0.3) is 0 Å². The number of halogens is 3. The molecule has 0 fully saturated rings. The Bertz CT molecular complexity index is 301. The number of pyridine rings is 1. The second-order valence-corrected chi connectivity index (χ2v) is 2.32. The highest BCUT2D eigenvalue weighted by Gasteiger charge is 2.31. The van der Waals surface area contributed by atoms with E-state index in [2.05, 4.69) is 17.2 Å². The Morgan fingerprint density at radius 2 is 2.00 bits per heavy atom. The predicted octanol–water partition coefficient (Wildman–Crippen LogP) is 2.76. The third-order valence-electron chi connectivity index (χ3n) is 1.12. The van der Waals surface area contributed by atoms with Crippen LogP contribution in [0.2, 0.25) is 0 Å². The molecule has 1 nitrogen and oxygen atoms in total. The lowest BCUT2D eigenvalue weighted by Crippen LogP contribution is -2.05. The van der Waals surface area contributed by atoms with Gasteiger partial charge >= 0.3 is 6.18 Å². The fourth-order valence-electron chi connectivity index (χ4n) is 0.645. The Morgan fingerprint density at radius 1 is 1.36 bits per heavy atom. The molecule has 0 aromatic carbocycles. The number of aromatic nitrogens is 1. The van der Waals surface area contributed by atoms with Crippen molar-refractivity contribution in [3.05, 3.63) is 28.5 Å². The molecule has 0 aliphatic rings. The van der Waals surface area contributed by atoms with E-state index in [1.807, 2.05) is 0 Å². The van der Waals surface area contributed by atoms with Gasteiger partial charge in [-0.2, -0.15) is 13.2 Å². The van der Waals surface area contributed by atoms with Crippen molar-refractivity contribution in [2.45, 2.75) is 6.18 Å². The van der Waals surface area contributed by atoms with Crippen LogP contribution in [0.3, 0.4) is 0 Å². The number of aromatic amines is 1. The van der Waals surface area contributed by atoms with Crippen LogP contribution in [0.1, 0.15) is 5.56 Å². The molecule has 0 saturated carbocycles. The van der Waals surface area contributed by atoms with Crippen LogP contribution in [0, 0.1) is 4.64 Å². The third kappa shape index (κ3) is 1.80. The standard InChI is InChI=1S/C6H4F3NS/c7-6(8,9)4-2-1-3-10-5(4)11/h1-3H,(H,10,11). The fraction of sp³-hybridized carbons (Fsp3) is 0.167. The summed E-state index contributed by atoms with van der Waals surface area (Å²) in [7, 11) is 0. The topological polar surface area (TPSA) is 15.8 Å². The first-order chi connectivity index (χ1) is 5.02. The van der Waals surface area contributed by atoms with Crippen LogP contribution in [0.5, 0.6) is 0 Å². The van der Waals surface area contributed by atoms with Crippen molar-refractivity contribution in [1.29, 1.82) is 0 Å². The quantitative estimate of drug-likeness (QED) is 0.605.